The number of unbranched alkanes of at least 4 members (excludes halogenated alkanes) is 1. The van der Waals surface area contributed by atoms with Crippen molar-refractivity contribution in [3.8, 4) is 6.01 Å². The van der Waals surface area contributed by atoms with Crippen LogP contribution < -0.4 is 10.3 Å². The van der Waals surface area contributed by atoms with Crippen LogP contribution in [0.3, 0.4) is 0 Å². The van der Waals surface area contributed by atoms with Gasteiger partial charge in [0.1, 0.15) is 4.83 Å². The molecule has 0 bridgehead atoms. The molecule has 21 heavy (non-hydrogen) atoms. The minimum atomic E-state index is 0.00588. The maximum absolute atomic E-state index is 12.6. The van der Waals surface area contributed by atoms with Crippen LogP contribution in [-0.2, 0) is 6.54 Å². The van der Waals surface area contributed by atoms with Crippen molar-refractivity contribution in [2.75, 3.05) is 6.61 Å². The van der Waals surface area contributed by atoms with E-state index in [1.165, 1.54) is 24.2 Å². The van der Waals surface area contributed by atoms with Crippen molar-refractivity contribution in [3.63, 3.8) is 0 Å². The summed E-state index contributed by atoms with van der Waals surface area (Å²) >= 11 is 4.91. The van der Waals surface area contributed by atoms with Crippen molar-refractivity contribution in [2.45, 2.75) is 46.1 Å². The van der Waals surface area contributed by atoms with E-state index < -0.39 is 0 Å². The maximum atomic E-state index is 12.6. The Hall–Kier alpha value is -0.880. The van der Waals surface area contributed by atoms with E-state index in [0.717, 1.165) is 21.5 Å². The van der Waals surface area contributed by atoms with Gasteiger partial charge in [-0.3, -0.25) is 9.36 Å². The molecule has 6 heteroatoms. The number of nitrogens with zero attached hydrogens (tertiary/aromatic N) is 2. The molecule has 2 aromatic heterocycles. The average molecular weight is 371 g/mol. The molecular formula is C15H19BrN2O2S. The van der Waals surface area contributed by atoms with Gasteiger partial charge in [0.15, 0.2) is 0 Å². The van der Waals surface area contributed by atoms with Crippen LogP contribution in [0.4, 0.5) is 0 Å². The van der Waals surface area contributed by atoms with Crippen molar-refractivity contribution in [1.82, 2.24) is 9.55 Å². The minimum absolute atomic E-state index is 0.00588. The number of aromatic nitrogens is 2. The van der Waals surface area contributed by atoms with Gasteiger partial charge < -0.3 is 4.74 Å². The molecule has 1 fully saturated rings. The standard InChI is InChI=1S/C15H19BrN2O2S/c1-3-4-7-18-13(19)10-8-11(16)21-12(10)17-14(18)20-9-15(2)5-6-15/h8H,3-7,9H2,1-2H3. The second-order valence-corrected chi connectivity index (χ2v) is 8.48. The average Bonchev–Trinajstić information content (AvgIpc) is 3.06. The summed E-state index contributed by atoms with van der Waals surface area (Å²) in [7, 11) is 0. The number of fused-ring (bicyclic) bond motifs is 1. The van der Waals surface area contributed by atoms with Crippen LogP contribution in [-0.4, -0.2) is 16.2 Å². The molecule has 0 unspecified atom stereocenters. The highest BCUT2D eigenvalue weighted by atomic mass is 79.9. The van der Waals surface area contributed by atoms with Gasteiger partial charge in [-0.1, -0.05) is 20.3 Å². The van der Waals surface area contributed by atoms with Crippen LogP contribution in [0.2, 0.25) is 0 Å². The van der Waals surface area contributed by atoms with E-state index in [0.29, 0.717) is 24.5 Å². The first-order valence-corrected chi connectivity index (χ1v) is 8.96. The highest BCUT2D eigenvalue weighted by molar-refractivity contribution is 9.11. The molecule has 3 rings (SSSR count). The summed E-state index contributed by atoms with van der Waals surface area (Å²) in [4.78, 5) is 18.0. The Bertz CT molecular complexity index is 718. The highest BCUT2D eigenvalue weighted by Gasteiger charge is 2.38. The molecule has 0 aromatic carbocycles. The van der Waals surface area contributed by atoms with E-state index >= 15 is 0 Å². The lowest BCUT2D eigenvalue weighted by Crippen LogP contribution is -2.24. The summed E-state index contributed by atoms with van der Waals surface area (Å²) in [6.45, 7) is 5.63. The fraction of sp³-hybridized carbons (Fsp3) is 0.600. The number of thiophene rings is 1. The van der Waals surface area contributed by atoms with Crippen molar-refractivity contribution in [2.24, 2.45) is 5.41 Å². The Kier molecular flexibility index (Phi) is 4.10. The quantitative estimate of drug-likeness (QED) is 0.765. The van der Waals surface area contributed by atoms with Gasteiger partial charge in [-0.2, -0.15) is 4.98 Å². The summed E-state index contributed by atoms with van der Waals surface area (Å²) in [6.07, 6.45) is 4.37. The molecule has 0 radical (unpaired) electrons. The molecule has 2 heterocycles. The first-order valence-electron chi connectivity index (χ1n) is 7.35. The lowest BCUT2D eigenvalue weighted by atomic mass is 10.2. The van der Waals surface area contributed by atoms with Crippen LogP contribution in [0.5, 0.6) is 6.01 Å². The third-order valence-electron chi connectivity index (χ3n) is 3.97. The highest BCUT2D eigenvalue weighted by Crippen LogP contribution is 2.45. The smallest absolute Gasteiger partial charge is 0.300 e. The molecule has 0 spiro atoms. The predicted octanol–water partition coefficient (Wildman–Crippen LogP) is 4.20. The summed E-state index contributed by atoms with van der Waals surface area (Å²) in [5, 5.41) is 0.674. The van der Waals surface area contributed by atoms with E-state index in [-0.39, 0.29) is 11.0 Å². The van der Waals surface area contributed by atoms with Gasteiger partial charge in [0, 0.05) is 12.0 Å². The molecule has 1 saturated carbocycles. The number of hydrogen-bond acceptors (Lipinski definition) is 4. The third-order valence-corrected chi connectivity index (χ3v) is 5.51. The zero-order valence-corrected chi connectivity index (χ0v) is 14.7. The molecule has 114 valence electrons. The number of ether oxygens (including phenoxy) is 1. The molecule has 1 aliphatic carbocycles. The summed E-state index contributed by atoms with van der Waals surface area (Å²) in [5.74, 6) is 0. The second kappa shape index (κ2) is 5.72. The van der Waals surface area contributed by atoms with Crippen LogP contribution in [0.15, 0.2) is 14.6 Å². The van der Waals surface area contributed by atoms with Gasteiger partial charge in [0.05, 0.1) is 15.8 Å². The zero-order valence-electron chi connectivity index (χ0n) is 12.3. The lowest BCUT2D eigenvalue weighted by Gasteiger charge is -2.15. The summed E-state index contributed by atoms with van der Waals surface area (Å²) in [5.41, 5.74) is 0.282. The first kappa shape index (κ1) is 15.0. The van der Waals surface area contributed by atoms with Gasteiger partial charge in [-0.05, 0) is 41.3 Å². The zero-order chi connectivity index (χ0) is 15.0. The first-order chi connectivity index (χ1) is 10.0. The molecule has 1 aliphatic rings. The number of hydrogen-bond donors (Lipinski definition) is 0. The van der Waals surface area contributed by atoms with Crippen LogP contribution in [0, 0.1) is 5.41 Å². The fourth-order valence-corrected chi connectivity index (χ4v) is 3.62. The molecule has 0 saturated heterocycles. The van der Waals surface area contributed by atoms with Gasteiger partial charge in [0.2, 0.25) is 0 Å². The van der Waals surface area contributed by atoms with Crippen LogP contribution in [0.1, 0.15) is 39.5 Å². The molecule has 0 N–H and O–H groups in total. The van der Waals surface area contributed by atoms with Gasteiger partial charge in [-0.25, -0.2) is 0 Å². The van der Waals surface area contributed by atoms with E-state index in [9.17, 15) is 4.79 Å². The lowest BCUT2D eigenvalue weighted by molar-refractivity contribution is 0.216. The topological polar surface area (TPSA) is 44.1 Å². The molecule has 4 nitrogen and oxygen atoms in total. The van der Waals surface area contributed by atoms with E-state index in [1.54, 1.807) is 4.57 Å². The molecule has 0 amide bonds. The van der Waals surface area contributed by atoms with Gasteiger partial charge >= 0.3 is 6.01 Å². The Labute approximate surface area is 136 Å². The Morgan fingerprint density at radius 3 is 2.95 bits per heavy atom. The minimum Gasteiger partial charge on any atom is -0.464 e. The Morgan fingerprint density at radius 1 is 1.52 bits per heavy atom. The second-order valence-electron chi connectivity index (χ2n) is 6.07. The van der Waals surface area contributed by atoms with Crippen molar-refractivity contribution >= 4 is 37.5 Å². The van der Waals surface area contributed by atoms with Crippen molar-refractivity contribution < 1.29 is 4.74 Å². The van der Waals surface area contributed by atoms with Crippen LogP contribution in [0.25, 0.3) is 10.2 Å². The molecule has 0 atom stereocenters. The SMILES string of the molecule is CCCCn1c(OCC2(C)CC2)nc2sc(Br)cc2c1=O. The maximum Gasteiger partial charge on any atom is 0.300 e. The summed E-state index contributed by atoms with van der Waals surface area (Å²) in [6, 6.07) is 2.33. The van der Waals surface area contributed by atoms with E-state index in [4.69, 9.17) is 4.74 Å². The summed E-state index contributed by atoms with van der Waals surface area (Å²) < 4.78 is 8.52. The number of halogens is 1. The number of rotatable bonds is 6. The molecule has 0 aliphatic heterocycles. The van der Waals surface area contributed by atoms with Gasteiger partial charge in [0.25, 0.3) is 5.56 Å². The molecular weight excluding hydrogens is 352 g/mol. The van der Waals surface area contributed by atoms with E-state index in [1.807, 2.05) is 6.07 Å². The van der Waals surface area contributed by atoms with Crippen LogP contribution >= 0.6 is 27.3 Å². The van der Waals surface area contributed by atoms with Gasteiger partial charge in [-0.15, -0.1) is 11.3 Å². The monoisotopic (exact) mass is 370 g/mol. The fourth-order valence-electron chi connectivity index (χ4n) is 2.19. The normalized spacial score (nSPS) is 16.3. The largest absolute Gasteiger partial charge is 0.464 e. The Morgan fingerprint density at radius 2 is 2.29 bits per heavy atom. The Balaban J connectivity index is 1.99. The van der Waals surface area contributed by atoms with E-state index in [2.05, 4.69) is 34.8 Å². The third kappa shape index (κ3) is 3.16. The van der Waals surface area contributed by atoms with Crippen molar-refractivity contribution in [1.29, 1.82) is 0 Å². The molecule has 2 aromatic rings. The van der Waals surface area contributed by atoms with Crippen molar-refractivity contribution in [3.05, 3.63) is 20.2 Å². The predicted molar refractivity (Wildman–Crippen MR) is 89.3 cm³/mol.